The summed E-state index contributed by atoms with van der Waals surface area (Å²) < 4.78 is 0. The predicted octanol–water partition coefficient (Wildman–Crippen LogP) is 3.41. The summed E-state index contributed by atoms with van der Waals surface area (Å²) in [6.45, 7) is 4.95. The molecular formula is C12H16N4S. The third-order valence-electron chi connectivity index (χ3n) is 2.19. The first-order valence-corrected chi connectivity index (χ1v) is 6.61. The van der Waals surface area contributed by atoms with Gasteiger partial charge in [-0.1, -0.05) is 6.92 Å². The van der Waals surface area contributed by atoms with E-state index in [1.165, 1.54) is 0 Å². The summed E-state index contributed by atoms with van der Waals surface area (Å²) in [5.41, 5.74) is 1.06. The third kappa shape index (κ3) is 3.42. The molecule has 0 spiro atoms. The Balaban J connectivity index is 2.13. The van der Waals surface area contributed by atoms with Gasteiger partial charge in [0, 0.05) is 18.0 Å². The Bertz CT molecular complexity index is 467. The number of anilines is 3. The second-order valence-corrected chi connectivity index (χ2v) is 4.53. The first-order chi connectivity index (χ1) is 8.28. The summed E-state index contributed by atoms with van der Waals surface area (Å²) in [6, 6.07) is 3.96. The molecule has 5 heteroatoms. The zero-order chi connectivity index (χ0) is 12.1. The molecule has 2 aromatic rings. The highest BCUT2D eigenvalue weighted by Crippen LogP contribution is 2.19. The minimum absolute atomic E-state index is 0.767. The van der Waals surface area contributed by atoms with Crippen LogP contribution in [0.3, 0.4) is 0 Å². The first kappa shape index (κ1) is 11.9. The van der Waals surface area contributed by atoms with Crippen molar-refractivity contribution in [1.29, 1.82) is 0 Å². The standard InChI is InChI=1S/C12H16N4S/c1-3-5-13-11-7-12(15-9(2)14-11)16-10-4-6-17-8-10/h4,6-8H,3,5H2,1-2H3,(H2,13,14,15,16). The van der Waals surface area contributed by atoms with Crippen molar-refractivity contribution in [2.75, 3.05) is 17.2 Å². The molecule has 4 nitrogen and oxygen atoms in total. The summed E-state index contributed by atoms with van der Waals surface area (Å²) in [6.07, 6.45) is 1.08. The van der Waals surface area contributed by atoms with Gasteiger partial charge in [0.25, 0.3) is 0 Å². The quantitative estimate of drug-likeness (QED) is 0.851. The Morgan fingerprint density at radius 1 is 1.29 bits per heavy atom. The number of rotatable bonds is 5. The number of nitrogens with one attached hydrogen (secondary N) is 2. The Labute approximate surface area is 105 Å². The summed E-state index contributed by atoms with van der Waals surface area (Å²) in [4.78, 5) is 8.70. The number of aryl methyl sites for hydroxylation is 1. The maximum Gasteiger partial charge on any atom is 0.136 e. The Morgan fingerprint density at radius 3 is 2.82 bits per heavy atom. The molecule has 0 saturated carbocycles. The SMILES string of the molecule is CCCNc1cc(Nc2ccsc2)nc(C)n1. The van der Waals surface area contributed by atoms with E-state index in [2.05, 4.69) is 32.9 Å². The molecule has 0 bridgehead atoms. The molecular weight excluding hydrogens is 232 g/mol. The van der Waals surface area contributed by atoms with Crippen molar-refractivity contribution in [3.8, 4) is 0 Å². The van der Waals surface area contributed by atoms with Crippen molar-refractivity contribution in [2.24, 2.45) is 0 Å². The second kappa shape index (κ2) is 5.63. The maximum absolute atomic E-state index is 4.36. The van der Waals surface area contributed by atoms with Crippen LogP contribution in [0.4, 0.5) is 17.3 Å². The van der Waals surface area contributed by atoms with Gasteiger partial charge in [0.15, 0.2) is 0 Å². The van der Waals surface area contributed by atoms with Gasteiger partial charge in [-0.25, -0.2) is 9.97 Å². The van der Waals surface area contributed by atoms with E-state index in [0.29, 0.717) is 0 Å². The molecule has 0 unspecified atom stereocenters. The minimum atomic E-state index is 0.767. The summed E-state index contributed by atoms with van der Waals surface area (Å²) >= 11 is 1.66. The molecule has 0 aliphatic heterocycles. The molecule has 0 aliphatic rings. The first-order valence-electron chi connectivity index (χ1n) is 5.66. The molecule has 17 heavy (non-hydrogen) atoms. The third-order valence-corrected chi connectivity index (χ3v) is 2.87. The van der Waals surface area contributed by atoms with Gasteiger partial charge in [-0.05, 0) is 24.8 Å². The molecule has 0 amide bonds. The van der Waals surface area contributed by atoms with Crippen LogP contribution in [0, 0.1) is 6.92 Å². The van der Waals surface area contributed by atoms with Gasteiger partial charge in [-0.3, -0.25) is 0 Å². The highest BCUT2D eigenvalue weighted by atomic mass is 32.1. The van der Waals surface area contributed by atoms with Crippen molar-refractivity contribution in [3.63, 3.8) is 0 Å². The van der Waals surface area contributed by atoms with Crippen LogP contribution >= 0.6 is 11.3 Å². The lowest BCUT2D eigenvalue weighted by Gasteiger charge is -2.08. The van der Waals surface area contributed by atoms with Gasteiger partial charge in [-0.2, -0.15) is 11.3 Å². The second-order valence-electron chi connectivity index (χ2n) is 3.75. The fraction of sp³-hybridized carbons (Fsp3) is 0.333. The van der Waals surface area contributed by atoms with Gasteiger partial charge in [0.1, 0.15) is 17.5 Å². The van der Waals surface area contributed by atoms with Crippen LogP contribution < -0.4 is 10.6 Å². The zero-order valence-corrected chi connectivity index (χ0v) is 10.8. The lowest BCUT2D eigenvalue weighted by Crippen LogP contribution is -2.05. The zero-order valence-electron chi connectivity index (χ0n) is 10.0. The molecule has 2 aromatic heterocycles. The molecule has 0 aliphatic carbocycles. The van der Waals surface area contributed by atoms with E-state index >= 15 is 0 Å². The molecule has 90 valence electrons. The van der Waals surface area contributed by atoms with Crippen LogP contribution in [0.5, 0.6) is 0 Å². The number of hydrogen-bond donors (Lipinski definition) is 2. The molecule has 0 radical (unpaired) electrons. The molecule has 0 fully saturated rings. The maximum atomic E-state index is 4.36. The van der Waals surface area contributed by atoms with Crippen molar-refractivity contribution >= 4 is 28.7 Å². The fourth-order valence-corrected chi connectivity index (χ4v) is 2.05. The van der Waals surface area contributed by atoms with E-state index in [-0.39, 0.29) is 0 Å². The van der Waals surface area contributed by atoms with Gasteiger partial charge < -0.3 is 10.6 Å². The Hall–Kier alpha value is -1.62. The molecule has 0 atom stereocenters. The van der Waals surface area contributed by atoms with E-state index in [1.54, 1.807) is 11.3 Å². The summed E-state index contributed by atoms with van der Waals surface area (Å²) in [5, 5.41) is 10.6. The lowest BCUT2D eigenvalue weighted by molar-refractivity contribution is 0.955. The van der Waals surface area contributed by atoms with E-state index in [0.717, 1.165) is 36.1 Å². The van der Waals surface area contributed by atoms with E-state index < -0.39 is 0 Å². The molecule has 0 aromatic carbocycles. The van der Waals surface area contributed by atoms with E-state index in [4.69, 9.17) is 0 Å². The molecule has 0 saturated heterocycles. The van der Waals surface area contributed by atoms with Crippen LogP contribution in [0.1, 0.15) is 19.2 Å². The van der Waals surface area contributed by atoms with E-state index in [9.17, 15) is 0 Å². The highest BCUT2D eigenvalue weighted by Gasteiger charge is 2.02. The van der Waals surface area contributed by atoms with Crippen molar-refractivity contribution in [3.05, 3.63) is 28.7 Å². The average molecular weight is 248 g/mol. The average Bonchev–Trinajstić information content (AvgIpc) is 2.78. The number of nitrogens with zero attached hydrogens (tertiary/aromatic N) is 2. The number of thiophene rings is 1. The van der Waals surface area contributed by atoms with Gasteiger partial charge in [0.05, 0.1) is 5.69 Å². The van der Waals surface area contributed by atoms with Crippen LogP contribution in [0.15, 0.2) is 22.9 Å². The van der Waals surface area contributed by atoms with Gasteiger partial charge in [-0.15, -0.1) is 0 Å². The number of aromatic nitrogens is 2. The van der Waals surface area contributed by atoms with Crippen molar-refractivity contribution in [1.82, 2.24) is 9.97 Å². The smallest absolute Gasteiger partial charge is 0.136 e. The Kier molecular flexibility index (Phi) is 3.93. The van der Waals surface area contributed by atoms with Crippen LogP contribution in [-0.4, -0.2) is 16.5 Å². The summed E-state index contributed by atoms with van der Waals surface area (Å²) in [7, 11) is 0. The largest absolute Gasteiger partial charge is 0.370 e. The monoisotopic (exact) mass is 248 g/mol. The number of hydrogen-bond acceptors (Lipinski definition) is 5. The van der Waals surface area contributed by atoms with Gasteiger partial charge >= 0.3 is 0 Å². The van der Waals surface area contributed by atoms with Crippen LogP contribution in [0.25, 0.3) is 0 Å². The topological polar surface area (TPSA) is 49.8 Å². The fourth-order valence-electron chi connectivity index (χ4n) is 1.46. The van der Waals surface area contributed by atoms with Crippen molar-refractivity contribution < 1.29 is 0 Å². The molecule has 2 heterocycles. The van der Waals surface area contributed by atoms with Crippen LogP contribution in [0.2, 0.25) is 0 Å². The molecule has 2 rings (SSSR count). The van der Waals surface area contributed by atoms with Crippen molar-refractivity contribution in [2.45, 2.75) is 20.3 Å². The normalized spacial score (nSPS) is 10.2. The van der Waals surface area contributed by atoms with Crippen LogP contribution in [-0.2, 0) is 0 Å². The molecule has 2 N–H and O–H groups in total. The Morgan fingerprint density at radius 2 is 2.12 bits per heavy atom. The minimum Gasteiger partial charge on any atom is -0.370 e. The highest BCUT2D eigenvalue weighted by molar-refractivity contribution is 7.08. The summed E-state index contributed by atoms with van der Waals surface area (Å²) in [5.74, 6) is 2.47. The predicted molar refractivity (Wildman–Crippen MR) is 73.2 cm³/mol. The van der Waals surface area contributed by atoms with Gasteiger partial charge in [0.2, 0.25) is 0 Å². The lowest BCUT2D eigenvalue weighted by atomic mass is 10.4. The van der Waals surface area contributed by atoms with E-state index in [1.807, 2.05) is 24.4 Å².